The fourth-order valence-electron chi connectivity index (χ4n) is 1.59. The van der Waals surface area contributed by atoms with Crippen LogP contribution < -0.4 is 4.90 Å². The zero-order valence-electron chi connectivity index (χ0n) is 9.76. The number of alkyl halides is 3. The molecule has 0 aromatic carbocycles. The smallest absolute Gasteiger partial charge is 0.268 e. The van der Waals surface area contributed by atoms with Crippen molar-refractivity contribution in [1.82, 2.24) is 4.98 Å². The van der Waals surface area contributed by atoms with E-state index in [0.29, 0.717) is 11.0 Å². The Balaban J connectivity index is 2.52. The predicted molar refractivity (Wildman–Crippen MR) is 68.0 cm³/mol. The Labute approximate surface area is 124 Å². The second-order valence-electron chi connectivity index (χ2n) is 3.90. The van der Waals surface area contributed by atoms with Crippen molar-refractivity contribution in [3.63, 3.8) is 0 Å². The molecular formula is C11H5BrClF3N2O2. The maximum atomic E-state index is 12.8. The first kappa shape index (κ1) is 15.0. The van der Waals surface area contributed by atoms with Crippen molar-refractivity contribution in [2.24, 2.45) is 0 Å². The summed E-state index contributed by atoms with van der Waals surface area (Å²) in [6, 6.07) is 0.614. The zero-order chi connectivity index (χ0) is 15.2. The third-order valence-corrected chi connectivity index (χ3v) is 3.70. The lowest BCUT2D eigenvalue weighted by atomic mass is 10.2. The number of halogens is 5. The summed E-state index contributed by atoms with van der Waals surface area (Å²) >= 11 is 8.34. The van der Waals surface area contributed by atoms with Gasteiger partial charge in [0.2, 0.25) is 0 Å². The van der Waals surface area contributed by atoms with Gasteiger partial charge in [-0.3, -0.25) is 9.59 Å². The Morgan fingerprint density at radius 3 is 2.35 bits per heavy atom. The number of pyridine rings is 1. The van der Waals surface area contributed by atoms with Crippen LogP contribution in [0, 0.1) is 0 Å². The molecule has 0 atom stereocenters. The highest BCUT2D eigenvalue weighted by atomic mass is 79.9. The first-order valence-electron chi connectivity index (χ1n) is 5.12. The van der Waals surface area contributed by atoms with E-state index in [1.807, 2.05) is 0 Å². The summed E-state index contributed by atoms with van der Waals surface area (Å²) in [6.07, 6.45) is -3.77. The number of amides is 2. The van der Waals surface area contributed by atoms with Gasteiger partial charge in [0, 0.05) is 16.2 Å². The van der Waals surface area contributed by atoms with Crippen LogP contribution in [-0.4, -0.2) is 16.8 Å². The van der Waals surface area contributed by atoms with Crippen molar-refractivity contribution in [3.05, 3.63) is 32.9 Å². The van der Waals surface area contributed by atoms with E-state index in [1.54, 1.807) is 0 Å². The molecule has 9 heteroatoms. The van der Waals surface area contributed by atoms with Gasteiger partial charge in [-0.15, -0.1) is 0 Å². The molecule has 2 rings (SSSR count). The van der Waals surface area contributed by atoms with Crippen molar-refractivity contribution in [3.8, 4) is 0 Å². The Kier molecular flexibility index (Phi) is 3.64. The van der Waals surface area contributed by atoms with Gasteiger partial charge in [-0.25, -0.2) is 9.88 Å². The zero-order valence-corrected chi connectivity index (χ0v) is 12.1. The summed E-state index contributed by atoms with van der Waals surface area (Å²) in [4.78, 5) is 27.7. The third-order valence-electron chi connectivity index (χ3n) is 2.62. The number of imide groups is 1. The monoisotopic (exact) mass is 368 g/mol. The minimum Gasteiger partial charge on any atom is -0.268 e. The lowest BCUT2D eigenvalue weighted by molar-refractivity contribution is -0.138. The van der Waals surface area contributed by atoms with Crippen LogP contribution >= 0.6 is 27.5 Å². The van der Waals surface area contributed by atoms with Crippen LogP contribution in [0.25, 0.3) is 0 Å². The Morgan fingerprint density at radius 1 is 1.30 bits per heavy atom. The van der Waals surface area contributed by atoms with Gasteiger partial charge in [0.25, 0.3) is 11.8 Å². The molecule has 0 saturated heterocycles. The minimum atomic E-state index is -4.64. The summed E-state index contributed by atoms with van der Waals surface area (Å²) in [5.41, 5.74) is -1.07. The predicted octanol–water partition coefficient (Wildman–Crippen LogP) is 3.25. The molecule has 0 aliphatic carbocycles. The highest BCUT2D eigenvalue weighted by Gasteiger charge is 2.39. The molecule has 0 fully saturated rings. The van der Waals surface area contributed by atoms with E-state index in [2.05, 4.69) is 20.9 Å². The highest BCUT2D eigenvalue weighted by Crippen LogP contribution is 2.37. The van der Waals surface area contributed by atoms with Gasteiger partial charge in [0.15, 0.2) is 0 Å². The largest absolute Gasteiger partial charge is 0.417 e. The van der Waals surface area contributed by atoms with Crippen molar-refractivity contribution < 1.29 is 22.8 Å². The fourth-order valence-corrected chi connectivity index (χ4v) is 2.19. The van der Waals surface area contributed by atoms with E-state index in [9.17, 15) is 22.8 Å². The number of rotatable bonds is 1. The summed E-state index contributed by atoms with van der Waals surface area (Å²) in [7, 11) is 0. The molecule has 1 aromatic heterocycles. The van der Waals surface area contributed by atoms with Gasteiger partial charge < -0.3 is 0 Å². The molecule has 0 bridgehead atoms. The van der Waals surface area contributed by atoms with E-state index in [0.717, 1.165) is 6.20 Å². The molecule has 0 spiro atoms. The SMILES string of the molecule is CC1=C(Cl)C(=O)N(c2cc(C(F)(F)F)c(Br)cn2)C1=O. The molecule has 1 aliphatic rings. The second-order valence-corrected chi connectivity index (χ2v) is 5.14. The van der Waals surface area contributed by atoms with E-state index in [4.69, 9.17) is 11.6 Å². The normalized spacial score (nSPS) is 16.4. The average molecular weight is 370 g/mol. The maximum Gasteiger partial charge on any atom is 0.417 e. The molecule has 20 heavy (non-hydrogen) atoms. The molecule has 0 N–H and O–H groups in total. The van der Waals surface area contributed by atoms with Gasteiger partial charge in [-0.2, -0.15) is 13.2 Å². The summed E-state index contributed by atoms with van der Waals surface area (Å²) in [5.74, 6) is -2.11. The average Bonchev–Trinajstić information content (AvgIpc) is 2.54. The topological polar surface area (TPSA) is 50.3 Å². The lowest BCUT2D eigenvalue weighted by Gasteiger charge is -2.16. The van der Waals surface area contributed by atoms with Crippen molar-refractivity contribution in [1.29, 1.82) is 0 Å². The van der Waals surface area contributed by atoms with Gasteiger partial charge >= 0.3 is 6.18 Å². The number of carbonyl (C=O) groups is 2. The molecule has 4 nitrogen and oxygen atoms in total. The maximum absolute atomic E-state index is 12.8. The van der Waals surface area contributed by atoms with Crippen LogP contribution in [0.3, 0.4) is 0 Å². The summed E-state index contributed by atoms with van der Waals surface area (Å²) < 4.78 is 38.1. The van der Waals surface area contributed by atoms with Crippen molar-refractivity contribution in [2.45, 2.75) is 13.1 Å². The molecule has 0 unspecified atom stereocenters. The number of carbonyl (C=O) groups excluding carboxylic acids is 2. The molecule has 2 heterocycles. The van der Waals surface area contributed by atoms with E-state index < -0.39 is 29.4 Å². The standard InChI is InChI=1S/C11H5BrClF3N2O2/c1-4-8(13)10(20)18(9(4)19)7-2-5(11(14,15)16)6(12)3-17-7/h2-3H,1H3. The summed E-state index contributed by atoms with van der Waals surface area (Å²) in [6.45, 7) is 1.31. The van der Waals surface area contributed by atoms with Crippen LogP contribution in [0.2, 0.25) is 0 Å². The van der Waals surface area contributed by atoms with Crippen molar-refractivity contribution >= 4 is 45.2 Å². The molecule has 0 radical (unpaired) electrons. The number of hydrogen-bond donors (Lipinski definition) is 0. The quantitative estimate of drug-likeness (QED) is 0.714. The van der Waals surface area contributed by atoms with E-state index in [1.165, 1.54) is 6.92 Å². The van der Waals surface area contributed by atoms with Crippen molar-refractivity contribution in [2.75, 3.05) is 4.90 Å². The molecule has 106 valence electrons. The minimum absolute atomic E-state index is 0.0325. The number of aromatic nitrogens is 1. The fraction of sp³-hybridized carbons (Fsp3) is 0.182. The van der Waals surface area contributed by atoms with Gasteiger partial charge in [-0.05, 0) is 28.9 Å². The van der Waals surface area contributed by atoms with Gasteiger partial charge in [0.1, 0.15) is 10.9 Å². The molecular weight excluding hydrogens is 364 g/mol. The third kappa shape index (κ3) is 2.33. The second kappa shape index (κ2) is 4.85. The van der Waals surface area contributed by atoms with Crippen LogP contribution in [0.1, 0.15) is 12.5 Å². The number of hydrogen-bond acceptors (Lipinski definition) is 3. The van der Waals surface area contributed by atoms with Crippen LogP contribution in [0.5, 0.6) is 0 Å². The molecule has 1 aliphatic heterocycles. The number of anilines is 1. The van der Waals surface area contributed by atoms with E-state index in [-0.39, 0.29) is 15.1 Å². The summed E-state index contributed by atoms with van der Waals surface area (Å²) in [5, 5.41) is -0.326. The van der Waals surface area contributed by atoms with Crippen LogP contribution in [0.15, 0.2) is 27.3 Å². The molecule has 2 amide bonds. The molecule has 0 saturated carbocycles. The number of nitrogens with zero attached hydrogens (tertiary/aromatic N) is 2. The van der Waals surface area contributed by atoms with Gasteiger partial charge in [-0.1, -0.05) is 11.6 Å². The Bertz CT molecular complexity index is 634. The van der Waals surface area contributed by atoms with Crippen LogP contribution in [0.4, 0.5) is 19.0 Å². The van der Waals surface area contributed by atoms with Crippen LogP contribution in [-0.2, 0) is 15.8 Å². The Hall–Kier alpha value is -1.41. The highest BCUT2D eigenvalue weighted by molar-refractivity contribution is 9.10. The van der Waals surface area contributed by atoms with Gasteiger partial charge in [0.05, 0.1) is 5.56 Å². The lowest BCUT2D eigenvalue weighted by Crippen LogP contribution is -2.32. The first-order valence-corrected chi connectivity index (χ1v) is 6.29. The molecule has 1 aromatic rings. The first-order chi connectivity index (χ1) is 9.14. The van der Waals surface area contributed by atoms with E-state index >= 15 is 0 Å². The Morgan fingerprint density at radius 2 is 1.90 bits per heavy atom.